The molecule has 1 aliphatic rings. The Morgan fingerprint density at radius 2 is 1.93 bits per heavy atom. The lowest BCUT2D eigenvalue weighted by atomic mass is 10.3. The minimum absolute atomic E-state index is 0.879. The zero-order valence-electron chi connectivity index (χ0n) is 16.3. The van der Waals surface area contributed by atoms with Gasteiger partial charge < -0.3 is 20.1 Å². The van der Waals surface area contributed by atoms with E-state index in [4.69, 9.17) is 0 Å². The molecule has 0 aliphatic carbocycles. The Morgan fingerprint density at radius 3 is 2.68 bits per heavy atom. The van der Waals surface area contributed by atoms with Crippen molar-refractivity contribution in [1.29, 1.82) is 0 Å². The number of hydrogen-bond donors (Lipinski definition) is 2. The van der Waals surface area contributed by atoms with Gasteiger partial charge in [-0.05, 0) is 30.7 Å². The molecule has 3 heterocycles. The van der Waals surface area contributed by atoms with E-state index in [2.05, 4.69) is 47.2 Å². The monoisotopic (exact) mass is 377 g/mol. The number of nitrogens with one attached hydrogen (secondary N) is 2. The maximum absolute atomic E-state index is 4.64. The molecule has 1 saturated heterocycles. The maximum atomic E-state index is 4.64. The Hall–Kier alpha value is -3.09. The summed E-state index contributed by atoms with van der Waals surface area (Å²) in [5.41, 5.74) is 2.14. The first kappa shape index (κ1) is 18.3. The van der Waals surface area contributed by atoms with Gasteiger partial charge in [-0.3, -0.25) is 4.99 Å². The van der Waals surface area contributed by atoms with E-state index in [1.54, 1.807) is 0 Å². The van der Waals surface area contributed by atoms with Crippen molar-refractivity contribution in [3.63, 3.8) is 0 Å². The highest BCUT2D eigenvalue weighted by Gasteiger charge is 2.20. The summed E-state index contributed by atoms with van der Waals surface area (Å²) in [7, 11) is 1.85. The molecule has 0 spiro atoms. The second-order valence-corrected chi connectivity index (χ2v) is 6.94. The van der Waals surface area contributed by atoms with E-state index in [0.29, 0.717) is 0 Å². The highest BCUT2D eigenvalue weighted by atomic mass is 15.4. The molecule has 1 aliphatic heterocycles. The van der Waals surface area contributed by atoms with E-state index in [1.165, 1.54) is 0 Å². The van der Waals surface area contributed by atoms with Crippen molar-refractivity contribution in [2.24, 2.45) is 4.99 Å². The van der Waals surface area contributed by atoms with Crippen molar-refractivity contribution in [3.8, 4) is 0 Å². The number of aliphatic imine (C=N–C) groups is 1. The summed E-state index contributed by atoms with van der Waals surface area (Å²) in [5, 5.41) is 3.50. The van der Waals surface area contributed by atoms with Crippen molar-refractivity contribution in [1.82, 2.24) is 25.2 Å². The van der Waals surface area contributed by atoms with Crippen LogP contribution >= 0.6 is 0 Å². The predicted octanol–water partition coefficient (Wildman–Crippen LogP) is 2.29. The minimum Gasteiger partial charge on any atom is -0.356 e. The number of piperazine rings is 1. The molecule has 1 aromatic carbocycles. The van der Waals surface area contributed by atoms with E-state index < -0.39 is 0 Å². The van der Waals surface area contributed by atoms with Crippen LogP contribution in [-0.4, -0.2) is 65.6 Å². The summed E-state index contributed by atoms with van der Waals surface area (Å²) in [6, 6.07) is 14.2. The number of para-hydroxylation sites is 2. The molecular weight excluding hydrogens is 350 g/mol. The highest BCUT2D eigenvalue weighted by molar-refractivity contribution is 5.80. The van der Waals surface area contributed by atoms with E-state index in [-0.39, 0.29) is 0 Å². The summed E-state index contributed by atoms with van der Waals surface area (Å²) in [6.45, 7) is 4.68. The van der Waals surface area contributed by atoms with Gasteiger partial charge in [0, 0.05) is 52.4 Å². The molecule has 0 saturated carbocycles. The molecule has 2 aromatic heterocycles. The zero-order chi connectivity index (χ0) is 19.2. The number of aromatic nitrogens is 3. The summed E-state index contributed by atoms with van der Waals surface area (Å²) < 4.78 is 0. The van der Waals surface area contributed by atoms with Gasteiger partial charge in [-0.15, -0.1) is 0 Å². The lowest BCUT2D eigenvalue weighted by Gasteiger charge is -2.37. The number of nitrogens with zero attached hydrogens (tertiary/aromatic N) is 5. The number of fused-ring (bicyclic) bond motifs is 1. The number of rotatable bonds is 5. The Morgan fingerprint density at radius 1 is 1.11 bits per heavy atom. The van der Waals surface area contributed by atoms with Crippen LogP contribution in [0.2, 0.25) is 0 Å². The van der Waals surface area contributed by atoms with E-state index in [9.17, 15) is 0 Å². The number of pyridine rings is 1. The molecule has 2 N–H and O–H groups in total. The number of guanidine groups is 1. The fourth-order valence-electron chi connectivity index (χ4n) is 3.60. The standard InChI is InChI=1S/C21H27N7/c1-22-21(28-15-13-27(14-16-28)20-10-4-5-11-23-20)24-12-6-9-19-25-17-7-2-3-8-18(17)26-19/h2-5,7-8,10-11H,6,9,12-16H2,1H3,(H,22,24)(H,25,26). The largest absolute Gasteiger partial charge is 0.356 e. The number of benzene rings is 1. The Labute approximate surface area is 165 Å². The van der Waals surface area contributed by atoms with Gasteiger partial charge in [0.2, 0.25) is 0 Å². The second kappa shape index (κ2) is 8.73. The first-order valence-corrected chi connectivity index (χ1v) is 9.89. The lowest BCUT2D eigenvalue weighted by Crippen LogP contribution is -2.52. The average Bonchev–Trinajstić information content (AvgIpc) is 3.17. The number of aryl methyl sites for hydroxylation is 1. The Balaban J connectivity index is 1.23. The normalized spacial score (nSPS) is 15.2. The van der Waals surface area contributed by atoms with Crippen LogP contribution in [0.15, 0.2) is 53.7 Å². The van der Waals surface area contributed by atoms with Gasteiger partial charge >= 0.3 is 0 Å². The quantitative estimate of drug-likeness (QED) is 0.405. The number of imidazole rings is 1. The summed E-state index contributed by atoms with van der Waals surface area (Å²) >= 11 is 0. The summed E-state index contributed by atoms with van der Waals surface area (Å²) in [6.07, 6.45) is 3.78. The van der Waals surface area contributed by atoms with Crippen molar-refractivity contribution >= 4 is 22.8 Å². The third kappa shape index (κ3) is 4.24. The van der Waals surface area contributed by atoms with Crippen LogP contribution in [0.4, 0.5) is 5.82 Å². The highest BCUT2D eigenvalue weighted by Crippen LogP contribution is 2.13. The maximum Gasteiger partial charge on any atom is 0.193 e. The number of hydrogen-bond acceptors (Lipinski definition) is 4. The van der Waals surface area contributed by atoms with Gasteiger partial charge in [0.15, 0.2) is 5.96 Å². The van der Waals surface area contributed by atoms with Crippen molar-refractivity contribution < 1.29 is 0 Å². The minimum atomic E-state index is 0.879. The Kier molecular flexibility index (Phi) is 5.70. The third-order valence-electron chi connectivity index (χ3n) is 5.08. The van der Waals surface area contributed by atoms with Crippen LogP contribution in [0.5, 0.6) is 0 Å². The average molecular weight is 377 g/mol. The molecule has 146 valence electrons. The molecule has 7 nitrogen and oxygen atoms in total. The van der Waals surface area contributed by atoms with Crippen molar-refractivity contribution in [3.05, 3.63) is 54.5 Å². The van der Waals surface area contributed by atoms with Crippen LogP contribution in [0, 0.1) is 0 Å². The smallest absolute Gasteiger partial charge is 0.193 e. The SMILES string of the molecule is CN=C(NCCCc1nc2ccccc2[nH]1)N1CCN(c2ccccn2)CC1. The van der Waals surface area contributed by atoms with Gasteiger partial charge in [0.05, 0.1) is 11.0 Å². The molecule has 28 heavy (non-hydrogen) atoms. The molecule has 0 atom stereocenters. The van der Waals surface area contributed by atoms with Crippen LogP contribution < -0.4 is 10.2 Å². The van der Waals surface area contributed by atoms with Crippen molar-refractivity contribution in [2.45, 2.75) is 12.8 Å². The van der Waals surface area contributed by atoms with Gasteiger partial charge in [-0.2, -0.15) is 0 Å². The Bertz CT molecular complexity index is 878. The molecule has 4 rings (SSSR count). The van der Waals surface area contributed by atoms with Crippen LogP contribution in [0.25, 0.3) is 11.0 Å². The van der Waals surface area contributed by atoms with Gasteiger partial charge in [-0.25, -0.2) is 9.97 Å². The van der Waals surface area contributed by atoms with Crippen molar-refractivity contribution in [2.75, 3.05) is 44.7 Å². The number of aromatic amines is 1. The third-order valence-corrected chi connectivity index (χ3v) is 5.08. The number of H-pyrrole nitrogens is 1. The molecule has 0 unspecified atom stereocenters. The predicted molar refractivity (Wildman–Crippen MR) is 114 cm³/mol. The molecule has 0 amide bonds. The molecular formula is C21H27N7. The molecule has 1 fully saturated rings. The fourth-order valence-corrected chi connectivity index (χ4v) is 3.60. The summed E-state index contributed by atoms with van der Waals surface area (Å²) in [4.78, 5) is 21.6. The molecule has 0 bridgehead atoms. The zero-order valence-corrected chi connectivity index (χ0v) is 16.3. The lowest BCUT2D eigenvalue weighted by molar-refractivity contribution is 0.371. The van der Waals surface area contributed by atoms with Crippen LogP contribution in [-0.2, 0) is 6.42 Å². The van der Waals surface area contributed by atoms with E-state index in [0.717, 1.165) is 74.2 Å². The number of anilines is 1. The van der Waals surface area contributed by atoms with Crippen LogP contribution in [0.1, 0.15) is 12.2 Å². The fraction of sp³-hybridized carbons (Fsp3) is 0.381. The molecule has 0 radical (unpaired) electrons. The second-order valence-electron chi connectivity index (χ2n) is 6.94. The van der Waals surface area contributed by atoms with Gasteiger partial charge in [0.25, 0.3) is 0 Å². The topological polar surface area (TPSA) is 72.4 Å². The summed E-state index contributed by atoms with van der Waals surface area (Å²) in [5.74, 6) is 3.07. The van der Waals surface area contributed by atoms with E-state index >= 15 is 0 Å². The van der Waals surface area contributed by atoms with Gasteiger partial charge in [-0.1, -0.05) is 18.2 Å². The molecule has 3 aromatic rings. The first-order chi connectivity index (χ1) is 13.8. The van der Waals surface area contributed by atoms with Gasteiger partial charge in [0.1, 0.15) is 11.6 Å². The first-order valence-electron chi connectivity index (χ1n) is 9.89. The van der Waals surface area contributed by atoms with Crippen LogP contribution in [0.3, 0.4) is 0 Å². The van der Waals surface area contributed by atoms with E-state index in [1.807, 2.05) is 43.6 Å². The molecule has 7 heteroatoms.